The van der Waals surface area contributed by atoms with Crippen LogP contribution in [0.4, 0.5) is 0 Å². The van der Waals surface area contributed by atoms with Gasteiger partial charge >= 0.3 is 5.97 Å². The first-order valence-electron chi connectivity index (χ1n) is 12.4. The largest absolute Gasteiger partial charge is 0.454 e. The molecule has 0 saturated heterocycles. The topological polar surface area (TPSA) is 84.5 Å². The Morgan fingerprint density at radius 2 is 1.41 bits per heavy atom. The van der Waals surface area contributed by atoms with E-state index in [2.05, 4.69) is 10.6 Å². The maximum absolute atomic E-state index is 13.0. The molecule has 178 valence electrons. The van der Waals surface area contributed by atoms with E-state index in [1.54, 1.807) is 24.3 Å². The van der Waals surface area contributed by atoms with E-state index >= 15 is 0 Å². The summed E-state index contributed by atoms with van der Waals surface area (Å²) in [5.74, 6) is 0.959. The highest BCUT2D eigenvalue weighted by Gasteiger charge is 2.51. The fourth-order valence-electron chi connectivity index (χ4n) is 6.71. The summed E-state index contributed by atoms with van der Waals surface area (Å²) in [6.07, 6.45) is 7.31. The SMILES string of the molecule is O=C(COC(=O)[C@H](Cc1ccccc1)NC(=O)c1ccccc1)NC12CC3CC(CC(C3)C1)C2. The molecule has 4 fully saturated rings. The third-order valence-corrected chi connectivity index (χ3v) is 7.70. The number of amides is 2. The molecule has 6 nitrogen and oxygen atoms in total. The van der Waals surface area contributed by atoms with E-state index in [4.69, 9.17) is 4.74 Å². The lowest BCUT2D eigenvalue weighted by Gasteiger charge is -2.56. The van der Waals surface area contributed by atoms with Crippen LogP contribution < -0.4 is 10.6 Å². The van der Waals surface area contributed by atoms with Crippen LogP contribution in [0.5, 0.6) is 0 Å². The van der Waals surface area contributed by atoms with Gasteiger partial charge in [0.25, 0.3) is 11.8 Å². The molecule has 0 unspecified atom stereocenters. The highest BCUT2D eigenvalue weighted by Crippen LogP contribution is 2.55. The Hall–Kier alpha value is -3.15. The number of hydrogen-bond donors (Lipinski definition) is 2. The average Bonchev–Trinajstić information content (AvgIpc) is 2.82. The molecule has 2 N–H and O–H groups in total. The lowest BCUT2D eigenvalue weighted by atomic mass is 9.53. The molecule has 4 bridgehead atoms. The molecule has 2 aromatic rings. The summed E-state index contributed by atoms with van der Waals surface area (Å²) < 4.78 is 5.42. The van der Waals surface area contributed by atoms with Crippen molar-refractivity contribution in [2.75, 3.05) is 6.61 Å². The number of esters is 1. The molecule has 1 atom stereocenters. The minimum absolute atomic E-state index is 0.122. The highest BCUT2D eigenvalue weighted by atomic mass is 16.5. The molecule has 34 heavy (non-hydrogen) atoms. The molecular weight excluding hydrogens is 428 g/mol. The molecule has 0 spiro atoms. The van der Waals surface area contributed by atoms with Crippen LogP contribution in [0.15, 0.2) is 60.7 Å². The van der Waals surface area contributed by atoms with Crippen molar-refractivity contribution in [2.45, 2.75) is 56.5 Å². The molecular formula is C28H32N2O4. The van der Waals surface area contributed by atoms with Crippen molar-refractivity contribution in [1.29, 1.82) is 0 Å². The number of nitrogens with one attached hydrogen (secondary N) is 2. The zero-order valence-corrected chi connectivity index (χ0v) is 19.4. The Morgan fingerprint density at radius 3 is 2.00 bits per heavy atom. The first kappa shape index (κ1) is 22.6. The second kappa shape index (κ2) is 9.61. The van der Waals surface area contributed by atoms with Crippen LogP contribution in [0.3, 0.4) is 0 Å². The van der Waals surface area contributed by atoms with E-state index in [-0.39, 0.29) is 30.4 Å². The maximum atomic E-state index is 13.0. The van der Waals surface area contributed by atoms with Gasteiger partial charge < -0.3 is 15.4 Å². The Balaban J connectivity index is 1.20. The Labute approximate surface area is 200 Å². The first-order chi connectivity index (χ1) is 16.5. The van der Waals surface area contributed by atoms with Gasteiger partial charge in [-0.2, -0.15) is 0 Å². The van der Waals surface area contributed by atoms with Gasteiger partial charge in [-0.3, -0.25) is 9.59 Å². The zero-order chi connectivity index (χ0) is 23.5. The normalized spacial score (nSPS) is 27.6. The van der Waals surface area contributed by atoms with Crippen LogP contribution in [0, 0.1) is 17.8 Å². The summed E-state index contributed by atoms with van der Waals surface area (Å²) in [6.45, 7) is -0.326. The molecule has 2 amide bonds. The van der Waals surface area contributed by atoms with Crippen LogP contribution in [-0.4, -0.2) is 36.0 Å². The van der Waals surface area contributed by atoms with Crippen molar-refractivity contribution in [1.82, 2.24) is 10.6 Å². The number of rotatable bonds is 8. The van der Waals surface area contributed by atoms with Crippen molar-refractivity contribution >= 4 is 17.8 Å². The first-order valence-corrected chi connectivity index (χ1v) is 12.4. The minimum Gasteiger partial charge on any atom is -0.454 e. The molecule has 2 aromatic carbocycles. The third kappa shape index (κ3) is 5.16. The van der Waals surface area contributed by atoms with Gasteiger partial charge in [0.1, 0.15) is 6.04 Å². The van der Waals surface area contributed by atoms with E-state index in [0.717, 1.165) is 42.6 Å². The van der Waals surface area contributed by atoms with Crippen molar-refractivity contribution in [3.8, 4) is 0 Å². The summed E-state index contributed by atoms with van der Waals surface area (Å²) in [6, 6.07) is 17.3. The van der Waals surface area contributed by atoms with Crippen molar-refractivity contribution in [2.24, 2.45) is 17.8 Å². The van der Waals surface area contributed by atoms with Crippen LogP contribution in [0.2, 0.25) is 0 Å². The van der Waals surface area contributed by atoms with Gasteiger partial charge in [-0.05, 0) is 74.0 Å². The molecule has 6 heteroatoms. The molecule has 0 heterocycles. The molecule has 6 rings (SSSR count). The van der Waals surface area contributed by atoms with Crippen LogP contribution in [0.1, 0.15) is 54.4 Å². The Morgan fingerprint density at radius 1 is 0.853 bits per heavy atom. The van der Waals surface area contributed by atoms with Gasteiger partial charge in [0.15, 0.2) is 6.61 Å². The Bertz CT molecular complexity index is 1000. The smallest absolute Gasteiger partial charge is 0.329 e. The number of carbonyl (C=O) groups excluding carboxylic acids is 3. The zero-order valence-electron chi connectivity index (χ0n) is 19.4. The summed E-state index contributed by atoms with van der Waals surface area (Å²) >= 11 is 0. The number of carbonyl (C=O) groups is 3. The number of benzene rings is 2. The van der Waals surface area contributed by atoms with E-state index in [1.807, 2.05) is 36.4 Å². The quantitative estimate of drug-likeness (QED) is 0.589. The van der Waals surface area contributed by atoms with E-state index < -0.39 is 12.0 Å². The van der Waals surface area contributed by atoms with E-state index in [1.165, 1.54) is 19.3 Å². The predicted molar refractivity (Wildman–Crippen MR) is 128 cm³/mol. The van der Waals surface area contributed by atoms with Crippen molar-refractivity contribution in [3.05, 3.63) is 71.8 Å². The van der Waals surface area contributed by atoms with Crippen LogP contribution in [0.25, 0.3) is 0 Å². The molecule has 0 aromatic heterocycles. The lowest BCUT2D eigenvalue weighted by Crippen LogP contribution is -2.60. The van der Waals surface area contributed by atoms with Crippen LogP contribution >= 0.6 is 0 Å². The molecule has 4 aliphatic rings. The predicted octanol–water partition coefficient (Wildman–Crippen LogP) is 3.66. The van der Waals surface area contributed by atoms with Gasteiger partial charge in [0, 0.05) is 17.5 Å². The minimum atomic E-state index is -0.887. The van der Waals surface area contributed by atoms with Crippen molar-refractivity contribution in [3.63, 3.8) is 0 Å². The van der Waals surface area contributed by atoms with Gasteiger partial charge in [-0.15, -0.1) is 0 Å². The second-order valence-corrected chi connectivity index (χ2v) is 10.4. The highest BCUT2D eigenvalue weighted by molar-refractivity contribution is 5.97. The summed E-state index contributed by atoms with van der Waals surface area (Å²) in [7, 11) is 0. The Kier molecular flexibility index (Phi) is 6.40. The fourth-order valence-corrected chi connectivity index (χ4v) is 6.71. The molecule has 0 aliphatic heterocycles. The molecule has 0 radical (unpaired) electrons. The maximum Gasteiger partial charge on any atom is 0.329 e. The second-order valence-electron chi connectivity index (χ2n) is 10.4. The molecule has 4 saturated carbocycles. The van der Waals surface area contributed by atoms with Gasteiger partial charge in [-0.25, -0.2) is 4.79 Å². The van der Waals surface area contributed by atoms with E-state index in [0.29, 0.717) is 5.56 Å². The fraction of sp³-hybridized carbons (Fsp3) is 0.464. The van der Waals surface area contributed by atoms with Gasteiger partial charge in [0.2, 0.25) is 0 Å². The standard InChI is InChI=1S/C28H32N2O4/c31-25(30-28-15-20-11-21(16-28)13-22(12-20)17-28)18-34-27(33)24(14-19-7-3-1-4-8-19)29-26(32)23-9-5-2-6-10-23/h1-10,20-22,24H,11-18H2,(H,29,32)(H,30,31)/t20?,21?,22?,24-,28?/m0/s1. The summed E-state index contributed by atoms with van der Waals surface area (Å²) in [5.41, 5.74) is 1.24. The summed E-state index contributed by atoms with van der Waals surface area (Å²) in [4.78, 5) is 38.5. The van der Waals surface area contributed by atoms with Crippen LogP contribution in [-0.2, 0) is 20.7 Å². The molecule has 4 aliphatic carbocycles. The summed E-state index contributed by atoms with van der Waals surface area (Å²) in [5, 5.41) is 6.02. The average molecular weight is 461 g/mol. The van der Waals surface area contributed by atoms with Gasteiger partial charge in [0.05, 0.1) is 0 Å². The third-order valence-electron chi connectivity index (χ3n) is 7.70. The lowest BCUT2D eigenvalue weighted by molar-refractivity contribution is -0.151. The van der Waals surface area contributed by atoms with E-state index in [9.17, 15) is 14.4 Å². The number of hydrogen-bond acceptors (Lipinski definition) is 4. The monoisotopic (exact) mass is 460 g/mol. The van der Waals surface area contributed by atoms with Crippen molar-refractivity contribution < 1.29 is 19.1 Å². The number of ether oxygens (including phenoxy) is 1. The van der Waals surface area contributed by atoms with Gasteiger partial charge in [-0.1, -0.05) is 48.5 Å².